The van der Waals surface area contributed by atoms with Crippen molar-refractivity contribution in [3.8, 4) is 0 Å². The molecule has 1 rings (SSSR count). The maximum absolute atomic E-state index is 11.7. The van der Waals surface area contributed by atoms with Gasteiger partial charge in [0.2, 0.25) is 0 Å². The van der Waals surface area contributed by atoms with E-state index >= 15 is 0 Å². The predicted octanol–water partition coefficient (Wildman–Crippen LogP) is 2.91. The van der Waals surface area contributed by atoms with E-state index in [9.17, 15) is 9.59 Å². The Bertz CT molecular complexity index is 448. The molecule has 19 heavy (non-hydrogen) atoms. The van der Waals surface area contributed by atoms with Crippen LogP contribution in [0.4, 0.5) is 10.5 Å². The summed E-state index contributed by atoms with van der Waals surface area (Å²) < 4.78 is 1.06. The smallest absolute Gasteiger partial charge is 0.326 e. The summed E-state index contributed by atoms with van der Waals surface area (Å²) in [5.41, 5.74) is 0.631. The lowest BCUT2D eigenvalue weighted by Gasteiger charge is -2.20. The first-order chi connectivity index (χ1) is 8.93. The molecule has 2 atom stereocenters. The highest BCUT2D eigenvalue weighted by molar-refractivity contribution is 14.1. The third kappa shape index (κ3) is 5.06. The average molecular weight is 376 g/mol. The highest BCUT2D eigenvalue weighted by Crippen LogP contribution is 2.12. The summed E-state index contributed by atoms with van der Waals surface area (Å²) in [4.78, 5) is 22.8. The zero-order valence-corrected chi connectivity index (χ0v) is 13.0. The van der Waals surface area contributed by atoms with Gasteiger partial charge in [-0.15, -0.1) is 0 Å². The van der Waals surface area contributed by atoms with Crippen molar-refractivity contribution >= 4 is 40.3 Å². The number of nitrogens with one attached hydrogen (secondary N) is 2. The molecule has 0 saturated carbocycles. The normalized spacial score (nSPS) is 13.4. The van der Waals surface area contributed by atoms with Crippen LogP contribution in [0.25, 0.3) is 0 Å². The number of aliphatic carboxylic acids is 1. The molecule has 5 nitrogen and oxygen atoms in total. The highest BCUT2D eigenvalue weighted by Gasteiger charge is 2.25. The lowest BCUT2D eigenvalue weighted by atomic mass is 9.99. The molecule has 1 aromatic rings. The Labute approximate surface area is 125 Å². The van der Waals surface area contributed by atoms with E-state index in [1.54, 1.807) is 19.1 Å². The molecule has 6 heteroatoms. The number of hydrogen-bond acceptors (Lipinski definition) is 2. The Morgan fingerprint density at radius 1 is 1.32 bits per heavy atom. The molecule has 1 unspecified atom stereocenters. The molecule has 0 fully saturated rings. The summed E-state index contributed by atoms with van der Waals surface area (Å²) in [6.45, 7) is 3.68. The van der Waals surface area contributed by atoms with Crippen LogP contribution in [-0.2, 0) is 4.79 Å². The minimum Gasteiger partial charge on any atom is -0.480 e. The molecular weight excluding hydrogens is 359 g/mol. The SMILES string of the molecule is CCC(C)[C@H](NC(=O)Nc1ccc(I)cc1)C(=O)O. The number of carboxylic acids is 1. The van der Waals surface area contributed by atoms with Crippen molar-refractivity contribution in [3.63, 3.8) is 0 Å². The van der Waals surface area contributed by atoms with Crippen molar-refractivity contribution in [2.45, 2.75) is 26.3 Å². The van der Waals surface area contributed by atoms with E-state index in [0.29, 0.717) is 12.1 Å². The second-order valence-electron chi connectivity index (χ2n) is 4.31. The molecule has 0 spiro atoms. The number of rotatable bonds is 5. The molecule has 0 aromatic heterocycles. The van der Waals surface area contributed by atoms with Gasteiger partial charge in [-0.1, -0.05) is 20.3 Å². The molecule has 0 radical (unpaired) electrons. The minimum absolute atomic E-state index is 0.125. The standard InChI is InChI=1S/C13H17IN2O3/c1-3-8(2)11(12(17)18)16-13(19)15-10-6-4-9(14)5-7-10/h4-8,11H,3H2,1-2H3,(H,17,18)(H2,15,16,19)/t8?,11-/m0/s1. The third-order valence-electron chi connectivity index (χ3n) is 2.87. The number of anilines is 1. The van der Waals surface area contributed by atoms with Gasteiger partial charge in [0.25, 0.3) is 0 Å². The minimum atomic E-state index is -1.02. The predicted molar refractivity (Wildman–Crippen MR) is 82.2 cm³/mol. The Balaban J connectivity index is 2.62. The van der Waals surface area contributed by atoms with Gasteiger partial charge in [0.15, 0.2) is 0 Å². The van der Waals surface area contributed by atoms with Gasteiger partial charge in [-0.05, 0) is 52.8 Å². The lowest BCUT2D eigenvalue weighted by molar-refractivity contribution is -0.140. The molecule has 0 bridgehead atoms. The second-order valence-corrected chi connectivity index (χ2v) is 5.55. The van der Waals surface area contributed by atoms with Gasteiger partial charge in [0, 0.05) is 9.26 Å². The number of halogens is 1. The number of carbonyl (C=O) groups excluding carboxylic acids is 1. The van der Waals surface area contributed by atoms with Gasteiger partial charge < -0.3 is 15.7 Å². The fraction of sp³-hybridized carbons (Fsp3) is 0.385. The van der Waals surface area contributed by atoms with Crippen LogP contribution < -0.4 is 10.6 Å². The van der Waals surface area contributed by atoms with Crippen LogP contribution >= 0.6 is 22.6 Å². The molecule has 104 valence electrons. The summed E-state index contributed by atoms with van der Waals surface area (Å²) in [6.07, 6.45) is 0.681. The number of benzene rings is 1. The molecule has 0 aliphatic heterocycles. The van der Waals surface area contributed by atoms with Gasteiger partial charge in [-0.3, -0.25) is 0 Å². The largest absolute Gasteiger partial charge is 0.480 e. The van der Waals surface area contributed by atoms with Crippen LogP contribution in [0.5, 0.6) is 0 Å². The topological polar surface area (TPSA) is 78.4 Å². The van der Waals surface area contributed by atoms with E-state index in [1.807, 2.05) is 19.1 Å². The number of amides is 2. The molecule has 2 amide bonds. The van der Waals surface area contributed by atoms with Crippen LogP contribution in [0.2, 0.25) is 0 Å². The van der Waals surface area contributed by atoms with Crippen molar-refractivity contribution in [3.05, 3.63) is 27.8 Å². The molecule has 0 saturated heterocycles. The van der Waals surface area contributed by atoms with Crippen molar-refractivity contribution in [1.82, 2.24) is 5.32 Å². The Kier molecular flexibility index (Phi) is 6.07. The van der Waals surface area contributed by atoms with Crippen molar-refractivity contribution in [2.75, 3.05) is 5.32 Å². The fourth-order valence-electron chi connectivity index (χ4n) is 1.52. The number of hydrogen-bond donors (Lipinski definition) is 3. The van der Waals surface area contributed by atoms with Gasteiger partial charge in [-0.25, -0.2) is 9.59 Å². The molecule has 3 N–H and O–H groups in total. The monoisotopic (exact) mass is 376 g/mol. The van der Waals surface area contributed by atoms with Gasteiger partial charge >= 0.3 is 12.0 Å². The molecular formula is C13H17IN2O3. The van der Waals surface area contributed by atoms with Crippen LogP contribution in [0.15, 0.2) is 24.3 Å². The highest BCUT2D eigenvalue weighted by atomic mass is 127. The maximum atomic E-state index is 11.7. The Morgan fingerprint density at radius 2 is 1.89 bits per heavy atom. The van der Waals surface area contributed by atoms with E-state index in [0.717, 1.165) is 3.57 Å². The second kappa shape index (κ2) is 7.32. The molecule has 0 aliphatic rings. The Morgan fingerprint density at radius 3 is 2.37 bits per heavy atom. The third-order valence-corrected chi connectivity index (χ3v) is 3.59. The van der Waals surface area contributed by atoms with Crippen molar-refractivity contribution in [2.24, 2.45) is 5.92 Å². The van der Waals surface area contributed by atoms with Crippen molar-refractivity contribution in [1.29, 1.82) is 0 Å². The van der Waals surface area contributed by atoms with E-state index in [1.165, 1.54) is 0 Å². The van der Waals surface area contributed by atoms with Crippen molar-refractivity contribution < 1.29 is 14.7 Å². The summed E-state index contributed by atoms with van der Waals surface area (Å²) in [7, 11) is 0. The fourth-order valence-corrected chi connectivity index (χ4v) is 1.88. The zero-order chi connectivity index (χ0) is 14.4. The van der Waals surface area contributed by atoms with Gasteiger partial charge in [0.1, 0.15) is 6.04 Å². The van der Waals surface area contributed by atoms with Gasteiger partial charge in [-0.2, -0.15) is 0 Å². The van der Waals surface area contributed by atoms with E-state index < -0.39 is 18.0 Å². The molecule has 0 heterocycles. The van der Waals surface area contributed by atoms with Crippen LogP contribution in [0, 0.1) is 9.49 Å². The number of carboxylic acid groups (broad SMARTS) is 1. The van der Waals surface area contributed by atoms with Crippen LogP contribution in [0.1, 0.15) is 20.3 Å². The summed E-state index contributed by atoms with van der Waals surface area (Å²) in [5.74, 6) is -1.15. The molecule has 1 aromatic carbocycles. The summed E-state index contributed by atoms with van der Waals surface area (Å²) in [5, 5.41) is 14.2. The first-order valence-electron chi connectivity index (χ1n) is 6.00. The first kappa shape index (κ1) is 15.7. The van der Waals surface area contributed by atoms with E-state index in [4.69, 9.17) is 5.11 Å². The average Bonchev–Trinajstić information content (AvgIpc) is 2.37. The molecule has 0 aliphatic carbocycles. The van der Waals surface area contributed by atoms with Crippen LogP contribution in [-0.4, -0.2) is 23.1 Å². The Hall–Kier alpha value is -1.31. The number of carbonyl (C=O) groups is 2. The zero-order valence-electron chi connectivity index (χ0n) is 10.8. The summed E-state index contributed by atoms with van der Waals surface area (Å²) in [6, 6.07) is 5.86. The quantitative estimate of drug-likeness (QED) is 0.692. The summed E-state index contributed by atoms with van der Waals surface area (Å²) >= 11 is 2.17. The van der Waals surface area contributed by atoms with Gasteiger partial charge in [0.05, 0.1) is 0 Å². The van der Waals surface area contributed by atoms with E-state index in [-0.39, 0.29) is 5.92 Å². The maximum Gasteiger partial charge on any atom is 0.326 e. The lowest BCUT2D eigenvalue weighted by Crippen LogP contribution is -2.46. The number of urea groups is 1. The van der Waals surface area contributed by atoms with Crippen LogP contribution in [0.3, 0.4) is 0 Å². The first-order valence-corrected chi connectivity index (χ1v) is 7.07. The van der Waals surface area contributed by atoms with E-state index in [2.05, 4.69) is 33.2 Å².